The number of aromatic hydroxyl groups is 1. The molecular weight excluding hydrogens is 246 g/mol. The molecule has 0 aromatic heterocycles. The van der Waals surface area contributed by atoms with E-state index in [0.29, 0.717) is 5.75 Å². The maximum atomic E-state index is 9.97. The van der Waals surface area contributed by atoms with E-state index in [9.17, 15) is 5.11 Å². The molecule has 2 aromatic rings. The Bertz CT molecular complexity index is 551. The van der Waals surface area contributed by atoms with Crippen LogP contribution in [0.15, 0.2) is 48.5 Å². The van der Waals surface area contributed by atoms with Crippen molar-refractivity contribution in [2.75, 3.05) is 0 Å². The van der Waals surface area contributed by atoms with Crippen LogP contribution in [0.3, 0.4) is 0 Å². The summed E-state index contributed by atoms with van der Waals surface area (Å²) in [6.45, 7) is 5.14. The minimum Gasteiger partial charge on any atom is -0.508 e. The molecule has 0 saturated heterocycles. The number of hydrogen-bond donors (Lipinski definition) is 2. The summed E-state index contributed by atoms with van der Waals surface area (Å²) in [5, 5.41) is 13.5. The first-order valence-corrected chi connectivity index (χ1v) is 7.34. The van der Waals surface area contributed by atoms with Crippen molar-refractivity contribution in [2.45, 2.75) is 39.3 Å². The third-order valence-corrected chi connectivity index (χ3v) is 3.76. The second-order valence-electron chi connectivity index (χ2n) is 5.02. The predicted octanol–water partition coefficient (Wildman–Crippen LogP) is 4.20. The van der Waals surface area contributed by atoms with Gasteiger partial charge in [0.05, 0.1) is 0 Å². The summed E-state index contributed by atoms with van der Waals surface area (Å²) in [7, 11) is 0. The van der Waals surface area contributed by atoms with Crippen LogP contribution in [0, 0.1) is 0 Å². The van der Waals surface area contributed by atoms with E-state index in [1.165, 1.54) is 11.1 Å². The molecule has 1 atom stereocenters. The second kappa shape index (κ2) is 7.11. The molecule has 2 heteroatoms. The van der Waals surface area contributed by atoms with Crippen LogP contribution in [0.5, 0.6) is 5.75 Å². The highest BCUT2D eigenvalue weighted by molar-refractivity contribution is 5.35. The van der Waals surface area contributed by atoms with Crippen LogP contribution in [0.4, 0.5) is 0 Å². The van der Waals surface area contributed by atoms with Gasteiger partial charge in [-0.15, -0.1) is 0 Å². The summed E-state index contributed by atoms with van der Waals surface area (Å²) in [5.74, 6) is 0.371. The maximum absolute atomic E-state index is 9.97. The molecule has 2 nitrogen and oxygen atoms in total. The van der Waals surface area contributed by atoms with Gasteiger partial charge < -0.3 is 10.4 Å². The molecule has 106 valence electrons. The SMILES string of the molecule is CCc1ccccc1CNC(CC)c1ccccc1O. The maximum Gasteiger partial charge on any atom is 0.120 e. The van der Waals surface area contributed by atoms with Gasteiger partial charge in [0.15, 0.2) is 0 Å². The highest BCUT2D eigenvalue weighted by atomic mass is 16.3. The van der Waals surface area contributed by atoms with Gasteiger partial charge in [0.2, 0.25) is 0 Å². The van der Waals surface area contributed by atoms with Crippen LogP contribution >= 0.6 is 0 Å². The van der Waals surface area contributed by atoms with Crippen LogP contribution in [0.2, 0.25) is 0 Å². The number of rotatable bonds is 6. The number of benzene rings is 2. The quantitative estimate of drug-likeness (QED) is 0.824. The summed E-state index contributed by atoms with van der Waals surface area (Å²) >= 11 is 0. The number of nitrogens with one attached hydrogen (secondary N) is 1. The van der Waals surface area contributed by atoms with Gasteiger partial charge in [0, 0.05) is 18.2 Å². The Labute approximate surface area is 121 Å². The molecular formula is C18H23NO. The molecule has 0 aliphatic carbocycles. The summed E-state index contributed by atoms with van der Waals surface area (Å²) in [4.78, 5) is 0. The molecule has 20 heavy (non-hydrogen) atoms. The van der Waals surface area contributed by atoms with Crippen LogP contribution in [-0.4, -0.2) is 5.11 Å². The summed E-state index contributed by atoms with van der Waals surface area (Å²) in [6, 6.07) is 16.3. The zero-order valence-electron chi connectivity index (χ0n) is 12.3. The summed E-state index contributed by atoms with van der Waals surface area (Å²) < 4.78 is 0. The largest absolute Gasteiger partial charge is 0.508 e. The van der Waals surface area contributed by atoms with Crippen molar-refractivity contribution in [2.24, 2.45) is 0 Å². The first-order valence-electron chi connectivity index (χ1n) is 7.34. The number of aryl methyl sites for hydroxylation is 1. The Balaban J connectivity index is 2.10. The first kappa shape index (κ1) is 14.6. The molecule has 0 radical (unpaired) electrons. The van der Waals surface area contributed by atoms with E-state index in [4.69, 9.17) is 0 Å². The normalized spacial score (nSPS) is 12.3. The van der Waals surface area contributed by atoms with Gasteiger partial charge in [-0.3, -0.25) is 0 Å². The number of hydrogen-bond acceptors (Lipinski definition) is 2. The highest BCUT2D eigenvalue weighted by Crippen LogP contribution is 2.26. The zero-order chi connectivity index (χ0) is 14.4. The molecule has 0 fully saturated rings. The van der Waals surface area contributed by atoms with Gasteiger partial charge in [0.1, 0.15) is 5.75 Å². The van der Waals surface area contributed by atoms with E-state index in [1.54, 1.807) is 6.07 Å². The van der Waals surface area contributed by atoms with E-state index in [2.05, 4.69) is 43.4 Å². The average molecular weight is 269 g/mol. The lowest BCUT2D eigenvalue weighted by molar-refractivity contribution is 0.440. The van der Waals surface area contributed by atoms with E-state index in [-0.39, 0.29) is 6.04 Å². The molecule has 2 aromatic carbocycles. The molecule has 0 aliphatic heterocycles. The number of phenolic OH excluding ortho intramolecular Hbond substituents is 1. The molecule has 0 amide bonds. The topological polar surface area (TPSA) is 32.3 Å². The van der Waals surface area contributed by atoms with Crippen LogP contribution < -0.4 is 5.32 Å². The molecule has 0 bridgehead atoms. The summed E-state index contributed by atoms with van der Waals surface area (Å²) in [5.41, 5.74) is 3.69. The lowest BCUT2D eigenvalue weighted by atomic mass is 10.0. The van der Waals surface area contributed by atoms with Crippen molar-refractivity contribution in [1.82, 2.24) is 5.32 Å². The Hall–Kier alpha value is -1.80. The lowest BCUT2D eigenvalue weighted by Gasteiger charge is -2.19. The molecule has 0 saturated carbocycles. The molecule has 2 rings (SSSR count). The smallest absolute Gasteiger partial charge is 0.120 e. The Morgan fingerprint density at radius 2 is 1.60 bits per heavy atom. The number of phenols is 1. The van der Waals surface area contributed by atoms with Crippen molar-refractivity contribution in [1.29, 1.82) is 0 Å². The fourth-order valence-corrected chi connectivity index (χ4v) is 2.56. The van der Waals surface area contributed by atoms with Gasteiger partial charge in [-0.05, 0) is 30.0 Å². The van der Waals surface area contributed by atoms with Gasteiger partial charge in [-0.25, -0.2) is 0 Å². The molecule has 0 heterocycles. The van der Waals surface area contributed by atoms with Gasteiger partial charge >= 0.3 is 0 Å². The van der Waals surface area contributed by atoms with E-state index in [1.807, 2.05) is 18.2 Å². The monoisotopic (exact) mass is 269 g/mol. The fourth-order valence-electron chi connectivity index (χ4n) is 2.56. The fraction of sp³-hybridized carbons (Fsp3) is 0.333. The molecule has 1 unspecified atom stereocenters. The lowest BCUT2D eigenvalue weighted by Crippen LogP contribution is -2.21. The Morgan fingerprint density at radius 1 is 0.950 bits per heavy atom. The van der Waals surface area contributed by atoms with E-state index >= 15 is 0 Å². The first-order chi connectivity index (χ1) is 9.76. The van der Waals surface area contributed by atoms with Crippen molar-refractivity contribution >= 4 is 0 Å². The third-order valence-electron chi connectivity index (χ3n) is 3.76. The Morgan fingerprint density at radius 3 is 2.25 bits per heavy atom. The van der Waals surface area contributed by atoms with Crippen molar-refractivity contribution in [3.05, 3.63) is 65.2 Å². The highest BCUT2D eigenvalue weighted by Gasteiger charge is 2.12. The van der Waals surface area contributed by atoms with Gasteiger partial charge in [-0.2, -0.15) is 0 Å². The second-order valence-corrected chi connectivity index (χ2v) is 5.02. The van der Waals surface area contributed by atoms with E-state index in [0.717, 1.165) is 24.9 Å². The minimum atomic E-state index is 0.182. The minimum absolute atomic E-state index is 0.182. The van der Waals surface area contributed by atoms with Crippen LogP contribution in [-0.2, 0) is 13.0 Å². The third kappa shape index (κ3) is 3.40. The van der Waals surface area contributed by atoms with Gasteiger partial charge in [-0.1, -0.05) is 56.3 Å². The Kier molecular flexibility index (Phi) is 5.19. The van der Waals surface area contributed by atoms with Crippen molar-refractivity contribution < 1.29 is 5.11 Å². The standard InChI is InChI=1S/C18H23NO/c1-3-14-9-5-6-10-15(14)13-19-17(4-2)16-11-7-8-12-18(16)20/h5-12,17,19-20H,3-4,13H2,1-2H3. The molecule has 2 N–H and O–H groups in total. The van der Waals surface area contributed by atoms with Crippen molar-refractivity contribution in [3.63, 3.8) is 0 Å². The molecule has 0 aliphatic rings. The van der Waals surface area contributed by atoms with Gasteiger partial charge in [0.25, 0.3) is 0 Å². The predicted molar refractivity (Wildman–Crippen MR) is 83.8 cm³/mol. The summed E-state index contributed by atoms with van der Waals surface area (Å²) in [6.07, 6.45) is 2.00. The number of para-hydroxylation sites is 1. The average Bonchev–Trinajstić information content (AvgIpc) is 2.50. The zero-order valence-corrected chi connectivity index (χ0v) is 12.3. The van der Waals surface area contributed by atoms with Crippen LogP contribution in [0.25, 0.3) is 0 Å². The molecule has 0 spiro atoms. The van der Waals surface area contributed by atoms with Crippen LogP contribution in [0.1, 0.15) is 43.0 Å². The van der Waals surface area contributed by atoms with E-state index < -0.39 is 0 Å². The van der Waals surface area contributed by atoms with Crippen molar-refractivity contribution in [3.8, 4) is 5.75 Å².